The summed E-state index contributed by atoms with van der Waals surface area (Å²) < 4.78 is 24.7. The zero-order valence-corrected chi connectivity index (χ0v) is 19.5. The van der Waals surface area contributed by atoms with E-state index in [1.807, 2.05) is 66.7 Å². The Morgan fingerprint density at radius 3 is 2.39 bits per heavy atom. The third-order valence-electron chi connectivity index (χ3n) is 6.07. The summed E-state index contributed by atoms with van der Waals surface area (Å²) in [5, 5.41) is 7.41. The summed E-state index contributed by atoms with van der Waals surface area (Å²) in [6.07, 6.45) is 0. The molecule has 5 rings (SSSR count). The van der Waals surface area contributed by atoms with E-state index in [1.54, 1.807) is 12.1 Å². The number of carbonyl (C=O) groups excluding carboxylic acids is 2. The maximum absolute atomic E-state index is 13.4. The molecule has 2 amide bonds. The molecule has 180 valence electrons. The molecule has 4 aromatic rings. The van der Waals surface area contributed by atoms with Crippen LogP contribution in [0, 0.1) is 5.82 Å². The van der Waals surface area contributed by atoms with Crippen LogP contribution in [0.5, 0.6) is 5.75 Å². The van der Waals surface area contributed by atoms with Crippen molar-refractivity contribution in [2.75, 3.05) is 7.11 Å². The van der Waals surface area contributed by atoms with Gasteiger partial charge in [0.2, 0.25) is 0 Å². The highest BCUT2D eigenvalue weighted by molar-refractivity contribution is 6.06. The Morgan fingerprint density at radius 1 is 0.917 bits per heavy atom. The lowest BCUT2D eigenvalue weighted by Crippen LogP contribution is -2.45. The van der Waals surface area contributed by atoms with E-state index in [1.165, 1.54) is 19.2 Å². The first-order chi connectivity index (χ1) is 17.5. The van der Waals surface area contributed by atoms with Crippen molar-refractivity contribution in [3.8, 4) is 5.75 Å². The van der Waals surface area contributed by atoms with Gasteiger partial charge in [-0.25, -0.2) is 14.0 Å². The number of rotatable bonds is 6. The van der Waals surface area contributed by atoms with Gasteiger partial charge in [-0.2, -0.15) is 0 Å². The first-order valence-electron chi connectivity index (χ1n) is 11.4. The number of methoxy groups -OCH3 is 1. The predicted octanol–water partition coefficient (Wildman–Crippen LogP) is 5.50. The normalized spacial score (nSPS) is 15.3. The number of ether oxygens (including phenoxy) is 2. The Hall–Kier alpha value is -4.65. The third-order valence-corrected chi connectivity index (χ3v) is 6.07. The zero-order valence-electron chi connectivity index (χ0n) is 19.5. The lowest BCUT2D eigenvalue weighted by molar-refractivity contribution is -0.136. The van der Waals surface area contributed by atoms with Gasteiger partial charge < -0.3 is 20.1 Å². The number of carbonyl (C=O) groups is 2. The number of hydrogen-bond acceptors (Lipinski definition) is 4. The molecule has 7 heteroatoms. The standard InChI is InChI=1S/C29H23FN2O4/c1-35-28(33)25-26(20-8-3-2-4-9-20)31-29(34)32-27(25)24-22-10-6-5-7-19(22)13-16-23(24)36-17-18-11-14-21(30)15-12-18/h2-16,27H,17H2,1H3,(H2,31,32,34). The molecule has 0 spiro atoms. The molecule has 6 nitrogen and oxygen atoms in total. The second-order valence-corrected chi connectivity index (χ2v) is 8.29. The molecule has 1 unspecified atom stereocenters. The fourth-order valence-electron chi connectivity index (χ4n) is 4.38. The average molecular weight is 483 g/mol. The number of esters is 1. The molecule has 0 radical (unpaired) electrons. The van der Waals surface area contributed by atoms with Gasteiger partial charge in [0.05, 0.1) is 24.4 Å². The van der Waals surface area contributed by atoms with Gasteiger partial charge in [-0.05, 0) is 40.1 Å². The molecule has 0 fully saturated rings. The molecule has 1 atom stereocenters. The lowest BCUT2D eigenvalue weighted by Gasteiger charge is -2.31. The van der Waals surface area contributed by atoms with Crippen molar-refractivity contribution in [3.63, 3.8) is 0 Å². The molecule has 0 saturated heterocycles. The van der Waals surface area contributed by atoms with Crippen LogP contribution in [0.4, 0.5) is 9.18 Å². The fourth-order valence-corrected chi connectivity index (χ4v) is 4.38. The first kappa shape index (κ1) is 23.1. The van der Waals surface area contributed by atoms with Gasteiger partial charge in [0, 0.05) is 5.56 Å². The van der Waals surface area contributed by atoms with E-state index < -0.39 is 18.0 Å². The quantitative estimate of drug-likeness (QED) is 0.356. The molecule has 1 heterocycles. The molecule has 0 aliphatic carbocycles. The maximum Gasteiger partial charge on any atom is 0.338 e. The summed E-state index contributed by atoms with van der Waals surface area (Å²) >= 11 is 0. The van der Waals surface area contributed by atoms with Crippen molar-refractivity contribution < 1.29 is 23.5 Å². The first-order valence-corrected chi connectivity index (χ1v) is 11.4. The van der Waals surface area contributed by atoms with E-state index in [2.05, 4.69) is 10.6 Å². The van der Waals surface area contributed by atoms with Crippen LogP contribution in [0.15, 0.2) is 96.6 Å². The number of amides is 2. The molecule has 1 aliphatic heterocycles. The zero-order chi connectivity index (χ0) is 25.1. The SMILES string of the molecule is COC(=O)C1=C(c2ccccc2)NC(=O)NC1c1c(OCc2ccc(F)cc2)ccc2ccccc12. The fraction of sp³-hybridized carbons (Fsp3) is 0.103. The predicted molar refractivity (Wildman–Crippen MR) is 134 cm³/mol. The minimum Gasteiger partial charge on any atom is -0.489 e. The molecular weight excluding hydrogens is 459 g/mol. The topological polar surface area (TPSA) is 76.7 Å². The van der Waals surface area contributed by atoms with E-state index in [4.69, 9.17) is 9.47 Å². The molecule has 0 saturated carbocycles. The smallest absolute Gasteiger partial charge is 0.338 e. The highest BCUT2D eigenvalue weighted by atomic mass is 19.1. The van der Waals surface area contributed by atoms with Crippen LogP contribution in [-0.4, -0.2) is 19.1 Å². The summed E-state index contributed by atoms with van der Waals surface area (Å²) in [6.45, 7) is 0.174. The summed E-state index contributed by atoms with van der Waals surface area (Å²) in [5.74, 6) is -0.424. The molecule has 36 heavy (non-hydrogen) atoms. The molecule has 2 N–H and O–H groups in total. The molecule has 4 aromatic carbocycles. The van der Waals surface area contributed by atoms with Gasteiger partial charge in [0.1, 0.15) is 18.2 Å². The number of hydrogen-bond donors (Lipinski definition) is 2. The van der Waals surface area contributed by atoms with Gasteiger partial charge in [0.15, 0.2) is 0 Å². The van der Waals surface area contributed by atoms with Crippen molar-refractivity contribution in [3.05, 3.63) is 119 Å². The van der Waals surface area contributed by atoms with Crippen LogP contribution in [-0.2, 0) is 16.1 Å². The van der Waals surface area contributed by atoms with Crippen molar-refractivity contribution >= 4 is 28.5 Å². The van der Waals surface area contributed by atoms with Gasteiger partial charge >= 0.3 is 12.0 Å². The Morgan fingerprint density at radius 2 is 1.64 bits per heavy atom. The second kappa shape index (κ2) is 9.92. The molecule has 0 bridgehead atoms. The number of urea groups is 1. The third kappa shape index (κ3) is 4.51. The van der Waals surface area contributed by atoms with E-state index in [-0.39, 0.29) is 18.0 Å². The van der Waals surface area contributed by atoms with Crippen molar-refractivity contribution in [1.82, 2.24) is 10.6 Å². The van der Waals surface area contributed by atoms with Crippen LogP contribution in [0.3, 0.4) is 0 Å². The van der Waals surface area contributed by atoms with Crippen molar-refractivity contribution in [2.45, 2.75) is 12.6 Å². The van der Waals surface area contributed by atoms with E-state index >= 15 is 0 Å². The Labute approximate surface area is 207 Å². The second-order valence-electron chi connectivity index (χ2n) is 8.29. The minimum absolute atomic E-state index is 0.174. The van der Waals surface area contributed by atoms with E-state index in [9.17, 15) is 14.0 Å². The number of halogens is 1. The Balaban J connectivity index is 1.68. The number of nitrogens with one attached hydrogen (secondary N) is 2. The Kier molecular flexibility index (Phi) is 6.36. The number of fused-ring (bicyclic) bond motifs is 1. The average Bonchev–Trinajstić information content (AvgIpc) is 2.92. The van der Waals surface area contributed by atoms with Crippen molar-refractivity contribution in [2.24, 2.45) is 0 Å². The summed E-state index contributed by atoms with van der Waals surface area (Å²) in [7, 11) is 1.31. The monoisotopic (exact) mass is 482 g/mol. The van der Waals surface area contributed by atoms with Crippen LogP contribution in [0.2, 0.25) is 0 Å². The van der Waals surface area contributed by atoms with Crippen LogP contribution in [0.25, 0.3) is 16.5 Å². The highest BCUT2D eigenvalue weighted by Gasteiger charge is 2.36. The van der Waals surface area contributed by atoms with Gasteiger partial charge in [-0.3, -0.25) is 0 Å². The van der Waals surface area contributed by atoms with Crippen LogP contribution < -0.4 is 15.4 Å². The molecule has 0 aromatic heterocycles. The Bertz CT molecular complexity index is 1470. The minimum atomic E-state index is -0.851. The van der Waals surface area contributed by atoms with Gasteiger partial charge in [0.25, 0.3) is 0 Å². The van der Waals surface area contributed by atoms with Gasteiger partial charge in [-0.1, -0.05) is 72.8 Å². The summed E-state index contributed by atoms with van der Waals surface area (Å²) in [6, 6.07) is 25.3. The van der Waals surface area contributed by atoms with E-state index in [0.29, 0.717) is 22.6 Å². The summed E-state index contributed by atoms with van der Waals surface area (Å²) in [4.78, 5) is 26.0. The van der Waals surface area contributed by atoms with Crippen LogP contribution >= 0.6 is 0 Å². The van der Waals surface area contributed by atoms with Gasteiger partial charge in [-0.15, -0.1) is 0 Å². The molecule has 1 aliphatic rings. The highest BCUT2D eigenvalue weighted by Crippen LogP contribution is 2.40. The largest absolute Gasteiger partial charge is 0.489 e. The molecular formula is C29H23FN2O4. The number of benzene rings is 4. The summed E-state index contributed by atoms with van der Waals surface area (Å²) in [5.41, 5.74) is 2.70. The van der Waals surface area contributed by atoms with Crippen molar-refractivity contribution in [1.29, 1.82) is 0 Å². The van der Waals surface area contributed by atoms with Crippen LogP contribution in [0.1, 0.15) is 22.7 Å². The van der Waals surface area contributed by atoms with E-state index in [0.717, 1.165) is 16.3 Å². The maximum atomic E-state index is 13.4. The lowest BCUT2D eigenvalue weighted by atomic mass is 9.89.